The number of nitrogens with two attached hydrogens (primary N) is 1. The molecule has 0 aromatic heterocycles. The van der Waals surface area contributed by atoms with E-state index in [-0.39, 0.29) is 12.1 Å². The van der Waals surface area contributed by atoms with Gasteiger partial charge in [-0.05, 0) is 13.8 Å². The normalized spacial score (nSPS) is 30.5. The van der Waals surface area contributed by atoms with E-state index < -0.39 is 18.1 Å². The van der Waals surface area contributed by atoms with Crippen molar-refractivity contribution in [2.24, 2.45) is 11.1 Å². The maximum absolute atomic E-state index is 12.5. The molecule has 1 heterocycles. The van der Waals surface area contributed by atoms with Crippen LogP contribution >= 0.6 is 0 Å². The van der Waals surface area contributed by atoms with Gasteiger partial charge in [-0.3, -0.25) is 4.90 Å². The first-order valence-corrected chi connectivity index (χ1v) is 5.78. The third-order valence-electron chi connectivity index (χ3n) is 3.30. The number of ether oxygens (including phenoxy) is 1. The van der Waals surface area contributed by atoms with Crippen LogP contribution in [0.1, 0.15) is 20.8 Å². The first-order chi connectivity index (χ1) is 7.64. The van der Waals surface area contributed by atoms with Crippen LogP contribution in [0.4, 0.5) is 13.2 Å². The predicted octanol–water partition coefficient (Wildman–Crippen LogP) is 1.62. The van der Waals surface area contributed by atoms with E-state index >= 15 is 0 Å². The van der Waals surface area contributed by atoms with E-state index in [0.29, 0.717) is 19.8 Å². The Morgan fingerprint density at radius 1 is 1.47 bits per heavy atom. The molecule has 1 saturated heterocycles. The smallest absolute Gasteiger partial charge is 0.379 e. The lowest BCUT2D eigenvalue weighted by Gasteiger charge is -2.36. The van der Waals surface area contributed by atoms with Crippen molar-refractivity contribution in [1.82, 2.24) is 4.90 Å². The molecule has 0 aromatic carbocycles. The number of rotatable bonds is 4. The van der Waals surface area contributed by atoms with Gasteiger partial charge in [0.25, 0.3) is 0 Å². The van der Waals surface area contributed by atoms with Crippen LogP contribution in [-0.4, -0.2) is 49.5 Å². The lowest BCUT2D eigenvalue weighted by molar-refractivity contribution is -0.153. The summed E-state index contributed by atoms with van der Waals surface area (Å²) in [6.07, 6.45) is -4.18. The molecular formula is C11H21F3N2O. The highest BCUT2D eigenvalue weighted by Gasteiger charge is 2.41. The zero-order chi connectivity index (χ0) is 13.3. The van der Waals surface area contributed by atoms with Crippen LogP contribution in [-0.2, 0) is 4.74 Å². The van der Waals surface area contributed by atoms with Crippen LogP contribution in [0.3, 0.4) is 0 Å². The van der Waals surface area contributed by atoms with Crippen molar-refractivity contribution in [3.8, 4) is 0 Å². The Labute approximate surface area is 100 Å². The van der Waals surface area contributed by atoms with Crippen molar-refractivity contribution >= 4 is 0 Å². The van der Waals surface area contributed by atoms with Gasteiger partial charge in [-0.2, -0.15) is 13.2 Å². The lowest BCUT2D eigenvalue weighted by atomic mass is 9.85. The molecule has 0 aromatic rings. The largest absolute Gasteiger partial charge is 0.401 e. The van der Waals surface area contributed by atoms with Crippen molar-refractivity contribution in [2.45, 2.75) is 39.0 Å². The summed E-state index contributed by atoms with van der Waals surface area (Å²) >= 11 is 0. The Morgan fingerprint density at radius 2 is 2.06 bits per heavy atom. The monoisotopic (exact) mass is 254 g/mol. The Balaban J connectivity index is 2.67. The molecule has 0 radical (unpaired) electrons. The van der Waals surface area contributed by atoms with Crippen molar-refractivity contribution in [3.63, 3.8) is 0 Å². The third kappa shape index (κ3) is 4.12. The fourth-order valence-electron chi connectivity index (χ4n) is 2.01. The zero-order valence-electron chi connectivity index (χ0n) is 10.5. The highest BCUT2D eigenvalue weighted by atomic mass is 19.4. The van der Waals surface area contributed by atoms with E-state index in [0.717, 1.165) is 0 Å². The van der Waals surface area contributed by atoms with Gasteiger partial charge >= 0.3 is 6.18 Å². The summed E-state index contributed by atoms with van der Waals surface area (Å²) in [5.41, 5.74) is 5.50. The average molecular weight is 254 g/mol. The van der Waals surface area contributed by atoms with E-state index in [9.17, 15) is 13.2 Å². The van der Waals surface area contributed by atoms with Crippen molar-refractivity contribution < 1.29 is 17.9 Å². The van der Waals surface area contributed by atoms with Crippen LogP contribution in [0, 0.1) is 5.41 Å². The number of alkyl halides is 3. The first-order valence-electron chi connectivity index (χ1n) is 5.78. The van der Waals surface area contributed by atoms with Crippen molar-refractivity contribution in [1.29, 1.82) is 0 Å². The minimum atomic E-state index is -4.18. The maximum atomic E-state index is 12.5. The summed E-state index contributed by atoms with van der Waals surface area (Å²) in [5.74, 6) is 0. The van der Waals surface area contributed by atoms with Crippen LogP contribution in [0.25, 0.3) is 0 Å². The molecule has 0 amide bonds. The summed E-state index contributed by atoms with van der Waals surface area (Å²) in [6, 6.07) is -0.363. The summed E-state index contributed by atoms with van der Waals surface area (Å²) in [6.45, 7) is 5.67. The Hall–Kier alpha value is -0.330. The second-order valence-corrected chi connectivity index (χ2v) is 5.39. The number of hydrogen-bond acceptors (Lipinski definition) is 3. The van der Waals surface area contributed by atoms with E-state index in [1.165, 1.54) is 4.90 Å². The van der Waals surface area contributed by atoms with Gasteiger partial charge in [0.05, 0.1) is 19.8 Å². The molecule has 0 saturated carbocycles. The van der Waals surface area contributed by atoms with Gasteiger partial charge in [0.2, 0.25) is 0 Å². The quantitative estimate of drug-likeness (QED) is 0.828. The topological polar surface area (TPSA) is 38.5 Å². The van der Waals surface area contributed by atoms with Crippen LogP contribution in [0.5, 0.6) is 0 Å². The molecule has 6 heteroatoms. The van der Waals surface area contributed by atoms with E-state index in [2.05, 4.69) is 0 Å². The van der Waals surface area contributed by atoms with Gasteiger partial charge in [-0.25, -0.2) is 0 Å². The minimum Gasteiger partial charge on any atom is -0.379 e. The molecular weight excluding hydrogens is 233 g/mol. The molecule has 1 fully saturated rings. The SMILES string of the molecule is CC(C)N(CC(F)(F)F)CC1(C)COCC1N. The lowest BCUT2D eigenvalue weighted by Crippen LogP contribution is -2.51. The van der Waals surface area contributed by atoms with Crippen molar-refractivity contribution in [2.75, 3.05) is 26.3 Å². The summed E-state index contributed by atoms with van der Waals surface area (Å²) in [4.78, 5) is 1.41. The highest BCUT2D eigenvalue weighted by molar-refractivity contribution is 4.93. The Kier molecular flexibility index (Phi) is 4.43. The van der Waals surface area contributed by atoms with Gasteiger partial charge in [-0.1, -0.05) is 6.92 Å². The highest BCUT2D eigenvalue weighted by Crippen LogP contribution is 2.30. The molecule has 3 nitrogen and oxygen atoms in total. The van der Waals surface area contributed by atoms with Crippen LogP contribution in [0.15, 0.2) is 0 Å². The average Bonchev–Trinajstić information content (AvgIpc) is 2.43. The minimum absolute atomic E-state index is 0.166. The molecule has 1 rings (SSSR count). The molecule has 102 valence electrons. The van der Waals surface area contributed by atoms with Crippen LogP contribution in [0.2, 0.25) is 0 Å². The second-order valence-electron chi connectivity index (χ2n) is 5.39. The third-order valence-corrected chi connectivity index (χ3v) is 3.30. The zero-order valence-corrected chi connectivity index (χ0v) is 10.5. The van der Waals surface area contributed by atoms with Gasteiger partial charge < -0.3 is 10.5 Å². The summed E-state index contributed by atoms with van der Waals surface area (Å²) < 4.78 is 42.6. The van der Waals surface area contributed by atoms with Gasteiger partial charge in [0.1, 0.15) is 0 Å². The number of nitrogens with zero attached hydrogens (tertiary/aromatic N) is 1. The molecule has 2 unspecified atom stereocenters. The fourth-order valence-corrected chi connectivity index (χ4v) is 2.01. The van der Waals surface area contributed by atoms with Crippen LogP contribution < -0.4 is 5.73 Å². The second kappa shape index (κ2) is 5.12. The van der Waals surface area contributed by atoms with E-state index in [1.54, 1.807) is 13.8 Å². The molecule has 1 aliphatic rings. The molecule has 0 aliphatic carbocycles. The number of hydrogen-bond donors (Lipinski definition) is 1. The Morgan fingerprint density at radius 3 is 2.41 bits per heavy atom. The van der Waals surface area contributed by atoms with Gasteiger partial charge in [-0.15, -0.1) is 0 Å². The van der Waals surface area contributed by atoms with E-state index in [1.807, 2.05) is 6.92 Å². The molecule has 17 heavy (non-hydrogen) atoms. The Bertz CT molecular complexity index is 258. The van der Waals surface area contributed by atoms with Gasteiger partial charge in [0, 0.05) is 24.0 Å². The first kappa shape index (κ1) is 14.7. The number of halogens is 3. The summed E-state index contributed by atoms with van der Waals surface area (Å²) in [7, 11) is 0. The molecule has 2 atom stereocenters. The summed E-state index contributed by atoms with van der Waals surface area (Å²) in [5, 5.41) is 0. The van der Waals surface area contributed by atoms with E-state index in [4.69, 9.17) is 10.5 Å². The van der Waals surface area contributed by atoms with Gasteiger partial charge in [0.15, 0.2) is 0 Å². The molecule has 0 spiro atoms. The molecule has 2 N–H and O–H groups in total. The standard InChI is InChI=1S/C11H21F3N2O/c1-8(2)16(6-11(12,13)14)5-10(3)7-17-4-9(10)15/h8-9H,4-7,15H2,1-3H3. The van der Waals surface area contributed by atoms with Crippen molar-refractivity contribution in [3.05, 3.63) is 0 Å². The maximum Gasteiger partial charge on any atom is 0.401 e. The predicted molar refractivity (Wildman–Crippen MR) is 59.7 cm³/mol. The molecule has 0 bridgehead atoms. The fraction of sp³-hybridized carbons (Fsp3) is 1.00. The molecule has 1 aliphatic heterocycles.